The van der Waals surface area contributed by atoms with Crippen LogP contribution in [0.2, 0.25) is 0 Å². The van der Waals surface area contributed by atoms with Crippen molar-refractivity contribution in [3.05, 3.63) is 58.7 Å². The lowest BCUT2D eigenvalue weighted by Gasteiger charge is -2.31. The summed E-state index contributed by atoms with van der Waals surface area (Å²) in [4.78, 5) is 23.1. The van der Waals surface area contributed by atoms with Gasteiger partial charge in [0.1, 0.15) is 27.8 Å². The molecule has 1 amide bonds. The van der Waals surface area contributed by atoms with Crippen LogP contribution in [0.25, 0.3) is 5.57 Å². The summed E-state index contributed by atoms with van der Waals surface area (Å²) >= 11 is 1.81. The van der Waals surface area contributed by atoms with Crippen LogP contribution in [-0.4, -0.2) is 67.1 Å². The van der Waals surface area contributed by atoms with Crippen molar-refractivity contribution >= 4 is 23.4 Å². The first-order valence-electron chi connectivity index (χ1n) is 16.3. The molecule has 2 saturated heterocycles. The maximum absolute atomic E-state index is 12.8. The van der Waals surface area contributed by atoms with E-state index in [9.17, 15) is 15.0 Å². The van der Waals surface area contributed by atoms with E-state index >= 15 is 0 Å². The summed E-state index contributed by atoms with van der Waals surface area (Å²) in [6.45, 7) is 6.46. The first kappa shape index (κ1) is 30.7. The number of piperidine rings is 1. The molecule has 5 aliphatic rings. The molecule has 1 aromatic rings. The molecule has 3 fully saturated rings. The number of nitrogens with one attached hydrogen (secondary N) is 2. The molecule has 4 N–H and O–H groups in total. The second-order valence-corrected chi connectivity index (χ2v) is 15.3. The number of carbonyl (C=O) groups excluding carboxylic acids is 1. The average molecular weight is 609 g/mol. The molecule has 2 aliphatic heterocycles. The number of thioether (sulfide) groups is 1. The van der Waals surface area contributed by atoms with Gasteiger partial charge >= 0.3 is 6.09 Å². The second-order valence-electron chi connectivity index (χ2n) is 13.9. The molecule has 0 spiro atoms. The van der Waals surface area contributed by atoms with Crippen LogP contribution in [0.1, 0.15) is 109 Å². The van der Waals surface area contributed by atoms with E-state index in [-0.39, 0.29) is 22.3 Å². The molecule has 3 atom stereocenters. The van der Waals surface area contributed by atoms with Gasteiger partial charge in [-0.05, 0) is 120 Å². The van der Waals surface area contributed by atoms with Gasteiger partial charge in [0.25, 0.3) is 0 Å². The third kappa shape index (κ3) is 7.00. The number of aromatic amines is 1. The lowest BCUT2D eigenvalue weighted by molar-refractivity contribution is 0.0188. The molecule has 0 aromatic carbocycles. The number of nitrogens with zero attached hydrogens (tertiary/aromatic N) is 2. The molecular formula is C34H48N4O4S. The van der Waals surface area contributed by atoms with Crippen molar-refractivity contribution in [3.63, 3.8) is 0 Å². The number of H-pyrrole nitrogens is 1. The number of aromatic nitrogens is 2. The number of imidazole rings is 1. The van der Waals surface area contributed by atoms with Gasteiger partial charge in [-0.15, -0.1) is 11.8 Å². The Morgan fingerprint density at radius 2 is 1.72 bits per heavy atom. The molecule has 6 rings (SSSR count). The van der Waals surface area contributed by atoms with Crippen LogP contribution in [0.5, 0.6) is 0 Å². The number of carbonyl (C=O) groups is 1. The first-order chi connectivity index (χ1) is 20.6. The summed E-state index contributed by atoms with van der Waals surface area (Å²) in [6, 6.07) is 0.312. The van der Waals surface area contributed by atoms with Gasteiger partial charge in [0.2, 0.25) is 0 Å². The molecule has 43 heavy (non-hydrogen) atoms. The Balaban J connectivity index is 1.06. The van der Waals surface area contributed by atoms with Crippen LogP contribution < -0.4 is 5.32 Å². The predicted octanol–water partition coefficient (Wildman–Crippen LogP) is 6.45. The molecule has 1 aromatic heterocycles. The molecule has 3 aliphatic carbocycles. The first-order valence-corrected chi connectivity index (χ1v) is 17.1. The van der Waals surface area contributed by atoms with E-state index in [1.807, 2.05) is 43.6 Å². The number of amides is 1. The number of fused-ring (bicyclic) bond motifs is 1. The van der Waals surface area contributed by atoms with Gasteiger partial charge in [-0.3, -0.25) is 10.2 Å². The van der Waals surface area contributed by atoms with Crippen LogP contribution in [-0.2, 0) is 9.48 Å². The molecule has 9 heteroatoms. The van der Waals surface area contributed by atoms with Gasteiger partial charge in [0.15, 0.2) is 0 Å². The monoisotopic (exact) mass is 608 g/mol. The summed E-state index contributed by atoms with van der Waals surface area (Å²) in [5.41, 5.74) is 5.62. The topological polar surface area (TPSA) is 111 Å². The number of hydrogen-bond acceptors (Lipinski definition) is 7. The lowest BCUT2D eigenvalue weighted by Crippen LogP contribution is -2.44. The second kappa shape index (κ2) is 12.6. The van der Waals surface area contributed by atoms with E-state index in [0.29, 0.717) is 6.04 Å². The number of rotatable bonds is 6. The van der Waals surface area contributed by atoms with Crippen molar-refractivity contribution in [2.45, 2.75) is 132 Å². The van der Waals surface area contributed by atoms with Gasteiger partial charge in [-0.25, -0.2) is 9.78 Å². The van der Waals surface area contributed by atoms with Crippen molar-refractivity contribution < 1.29 is 19.7 Å². The van der Waals surface area contributed by atoms with E-state index in [4.69, 9.17) is 9.72 Å². The van der Waals surface area contributed by atoms with E-state index in [1.165, 1.54) is 16.7 Å². The van der Waals surface area contributed by atoms with E-state index < -0.39 is 11.8 Å². The Labute approximate surface area is 260 Å². The van der Waals surface area contributed by atoms with E-state index in [0.717, 1.165) is 101 Å². The number of likely N-dealkylation sites (tertiary alicyclic amines) is 1. The van der Waals surface area contributed by atoms with Crippen molar-refractivity contribution in [1.29, 1.82) is 0 Å². The number of aliphatic hydroxyl groups excluding tert-OH is 2. The van der Waals surface area contributed by atoms with Crippen molar-refractivity contribution in [2.75, 3.05) is 6.54 Å². The Morgan fingerprint density at radius 3 is 2.37 bits per heavy atom. The Hall–Kier alpha value is -2.33. The maximum atomic E-state index is 12.8. The SMILES string of the molecule is CC(C)(C)OC(=O)N1CCCC2(c3ncc(C4=CC=C(C5=CC=C(C(O)NC6CCCC(O)CCC6)CC5)CC4)[nH]3)SC12. The van der Waals surface area contributed by atoms with Crippen molar-refractivity contribution in [1.82, 2.24) is 20.2 Å². The molecule has 3 unspecified atom stereocenters. The molecule has 1 saturated carbocycles. The van der Waals surface area contributed by atoms with Gasteiger partial charge in [0, 0.05) is 12.6 Å². The lowest BCUT2D eigenvalue weighted by atomic mass is 9.86. The highest BCUT2D eigenvalue weighted by Crippen LogP contribution is 2.66. The molecule has 0 bridgehead atoms. The van der Waals surface area contributed by atoms with Crippen LogP contribution in [0, 0.1) is 0 Å². The largest absolute Gasteiger partial charge is 0.444 e. The minimum absolute atomic E-state index is 0.0811. The zero-order chi connectivity index (χ0) is 30.2. The van der Waals surface area contributed by atoms with E-state index in [1.54, 1.807) is 0 Å². The maximum Gasteiger partial charge on any atom is 0.411 e. The number of hydrogen-bond donors (Lipinski definition) is 4. The highest BCUT2D eigenvalue weighted by molar-refractivity contribution is 8.08. The Bertz CT molecular complexity index is 1310. The quantitative estimate of drug-likeness (QED) is 0.217. The highest BCUT2D eigenvalue weighted by atomic mass is 32.2. The van der Waals surface area contributed by atoms with Gasteiger partial charge < -0.3 is 19.9 Å². The normalized spacial score (nSPS) is 30.5. The Kier molecular flexibility index (Phi) is 8.98. The minimum atomic E-state index is -0.599. The van der Waals surface area contributed by atoms with Crippen molar-refractivity contribution in [2.24, 2.45) is 0 Å². The molecule has 0 radical (unpaired) electrons. The fourth-order valence-corrected chi connectivity index (χ4v) is 8.54. The van der Waals surface area contributed by atoms with Gasteiger partial charge in [-0.1, -0.05) is 24.3 Å². The van der Waals surface area contributed by atoms with Gasteiger partial charge in [0.05, 0.1) is 18.0 Å². The van der Waals surface area contributed by atoms with E-state index in [2.05, 4.69) is 34.6 Å². The molecule has 3 heterocycles. The van der Waals surface area contributed by atoms with Crippen LogP contribution in [0.3, 0.4) is 0 Å². The standard InChI is InChI=1S/C34H48N4O4S/c1-33(2,3)42-32(41)38-20-6-19-34(31(38)43-34)30-35-21-28(37-30)24-15-11-22(12-16-24)23-13-17-25(18-14-23)29(40)36-26-7-4-9-27(39)10-5-8-26/h11,13,15,17,21,26-27,29,31,36,39-40H,4-10,12,14,16,18-20H2,1-3H3,(H,35,37). The number of ether oxygens (including phenoxy) is 1. The summed E-state index contributed by atoms with van der Waals surface area (Å²) in [7, 11) is 0. The minimum Gasteiger partial charge on any atom is -0.444 e. The van der Waals surface area contributed by atoms with Crippen LogP contribution >= 0.6 is 11.8 Å². The number of aliphatic hydroxyl groups is 2. The Morgan fingerprint density at radius 1 is 1.05 bits per heavy atom. The molecule has 234 valence electrons. The third-order valence-electron chi connectivity index (χ3n) is 9.51. The zero-order valence-corrected chi connectivity index (χ0v) is 26.7. The summed E-state index contributed by atoms with van der Waals surface area (Å²) < 4.78 is 5.52. The molecular weight excluding hydrogens is 560 g/mol. The number of allylic oxidation sites excluding steroid dienone is 7. The summed E-state index contributed by atoms with van der Waals surface area (Å²) in [5, 5.41) is 24.3. The smallest absolute Gasteiger partial charge is 0.411 e. The average Bonchev–Trinajstić information content (AvgIpc) is 3.52. The fraction of sp³-hybridized carbons (Fsp3) is 0.647. The fourth-order valence-electron chi connectivity index (χ4n) is 7.05. The summed E-state index contributed by atoms with van der Waals surface area (Å²) in [6.07, 6.45) is 21.2. The predicted molar refractivity (Wildman–Crippen MR) is 171 cm³/mol. The molecule has 8 nitrogen and oxygen atoms in total. The summed E-state index contributed by atoms with van der Waals surface area (Å²) in [5.74, 6) is 0.971. The van der Waals surface area contributed by atoms with Crippen molar-refractivity contribution in [3.8, 4) is 0 Å². The zero-order valence-electron chi connectivity index (χ0n) is 25.9. The van der Waals surface area contributed by atoms with Crippen LogP contribution in [0.15, 0.2) is 47.2 Å². The van der Waals surface area contributed by atoms with Crippen LogP contribution in [0.4, 0.5) is 4.79 Å². The van der Waals surface area contributed by atoms with Gasteiger partial charge in [-0.2, -0.15) is 0 Å². The third-order valence-corrected chi connectivity index (χ3v) is 11.2. The highest BCUT2D eigenvalue weighted by Gasteiger charge is 2.64.